The molecule has 5 nitrogen and oxygen atoms in total. The number of fused-ring (bicyclic) bond motifs is 1. The SMILES string of the molecule is O=C1[C@H]2[C@H](C(=O)N1/N=C\c1cc(Br)ccc1O)[C@@H]1C=C[C@@H]2CC1. The first kappa shape index (κ1) is 14.6. The van der Waals surface area contributed by atoms with Crippen LogP contribution in [0.25, 0.3) is 0 Å². The number of hydrogen-bond donors (Lipinski definition) is 1. The first-order valence-electron chi connectivity index (χ1n) is 7.65. The molecule has 0 aromatic heterocycles. The van der Waals surface area contributed by atoms with Crippen LogP contribution in [0.1, 0.15) is 18.4 Å². The summed E-state index contributed by atoms with van der Waals surface area (Å²) in [6, 6.07) is 4.92. The number of phenolic OH excluding ortho intramolecular Hbond substituents is 1. The molecular weight excluding hydrogens is 360 g/mol. The van der Waals surface area contributed by atoms with Crippen LogP contribution in [0.3, 0.4) is 0 Å². The standard InChI is InChI=1S/C17H15BrN2O3/c18-12-5-6-13(21)11(7-12)8-19-20-16(22)14-9-1-2-10(4-3-9)15(14)17(20)23/h1-2,5-10,14-15,21H,3-4H2/b19-8-/t9-,10-,14-,15-/m1/s1. The number of hydrazone groups is 1. The molecule has 118 valence electrons. The van der Waals surface area contributed by atoms with Gasteiger partial charge in [0.2, 0.25) is 0 Å². The molecule has 1 heterocycles. The highest BCUT2D eigenvalue weighted by molar-refractivity contribution is 9.10. The Bertz CT molecular complexity index is 726. The summed E-state index contributed by atoms with van der Waals surface area (Å²) in [5, 5.41) is 14.9. The Morgan fingerprint density at radius 2 is 1.74 bits per heavy atom. The van der Waals surface area contributed by atoms with Crippen LogP contribution in [0.5, 0.6) is 5.75 Å². The van der Waals surface area contributed by atoms with Gasteiger partial charge in [-0.05, 0) is 42.9 Å². The Balaban J connectivity index is 1.63. The lowest BCUT2D eigenvalue weighted by molar-refractivity contribution is -0.140. The smallest absolute Gasteiger partial charge is 0.254 e. The maximum atomic E-state index is 12.6. The summed E-state index contributed by atoms with van der Waals surface area (Å²) in [4.78, 5) is 25.2. The molecule has 1 saturated carbocycles. The third-order valence-corrected chi connectivity index (χ3v) is 5.53. The lowest BCUT2D eigenvalue weighted by atomic mass is 9.63. The zero-order chi connectivity index (χ0) is 16.1. The second-order valence-corrected chi connectivity index (χ2v) is 7.19. The van der Waals surface area contributed by atoms with Gasteiger partial charge >= 0.3 is 0 Å². The molecule has 1 N–H and O–H groups in total. The quantitative estimate of drug-likeness (QED) is 0.491. The predicted molar refractivity (Wildman–Crippen MR) is 87.6 cm³/mol. The second kappa shape index (κ2) is 5.30. The minimum atomic E-state index is -0.264. The Labute approximate surface area is 141 Å². The molecule has 2 amide bonds. The van der Waals surface area contributed by atoms with Crippen LogP contribution in [0.15, 0.2) is 39.9 Å². The van der Waals surface area contributed by atoms with Crippen molar-refractivity contribution in [1.82, 2.24) is 5.01 Å². The number of aromatic hydroxyl groups is 1. The fraction of sp³-hybridized carbons (Fsp3) is 0.353. The number of phenols is 1. The van der Waals surface area contributed by atoms with Crippen LogP contribution >= 0.6 is 15.9 Å². The molecule has 1 saturated heterocycles. The third-order valence-electron chi connectivity index (χ3n) is 5.04. The maximum Gasteiger partial charge on any atom is 0.254 e. The van der Waals surface area contributed by atoms with E-state index in [1.807, 2.05) is 0 Å². The minimum Gasteiger partial charge on any atom is -0.507 e. The summed E-state index contributed by atoms with van der Waals surface area (Å²) in [7, 11) is 0. The first-order valence-corrected chi connectivity index (χ1v) is 8.44. The number of allylic oxidation sites excluding steroid dienone is 2. The van der Waals surface area contributed by atoms with E-state index in [4.69, 9.17) is 0 Å². The number of rotatable bonds is 2. The molecule has 4 aliphatic rings. The summed E-state index contributed by atoms with van der Waals surface area (Å²) in [5.74, 6) is -0.606. The molecule has 1 aliphatic heterocycles. The van der Waals surface area contributed by atoms with E-state index in [0.29, 0.717) is 5.56 Å². The number of carbonyl (C=O) groups is 2. The summed E-state index contributed by atoms with van der Waals surface area (Å²) < 4.78 is 0.784. The third kappa shape index (κ3) is 2.24. The highest BCUT2D eigenvalue weighted by atomic mass is 79.9. The molecule has 6 heteroatoms. The number of benzene rings is 1. The van der Waals surface area contributed by atoms with Gasteiger partial charge in [-0.2, -0.15) is 10.1 Å². The summed E-state index contributed by atoms with van der Waals surface area (Å²) in [6.45, 7) is 0. The number of halogens is 1. The molecule has 2 fully saturated rings. The minimum absolute atomic E-state index is 0.0511. The van der Waals surface area contributed by atoms with Crippen LogP contribution in [0.2, 0.25) is 0 Å². The van der Waals surface area contributed by atoms with Crippen molar-refractivity contribution in [3.05, 3.63) is 40.4 Å². The first-order chi connectivity index (χ1) is 11.1. The van der Waals surface area contributed by atoms with Gasteiger partial charge in [-0.25, -0.2) is 0 Å². The van der Waals surface area contributed by atoms with Crippen molar-refractivity contribution < 1.29 is 14.7 Å². The van der Waals surface area contributed by atoms with Gasteiger partial charge in [0.15, 0.2) is 0 Å². The molecule has 1 aromatic rings. The van der Waals surface area contributed by atoms with Gasteiger partial charge in [0, 0.05) is 10.0 Å². The molecule has 0 spiro atoms. The Hall–Kier alpha value is -1.95. The molecule has 1 aromatic carbocycles. The zero-order valence-corrected chi connectivity index (χ0v) is 13.8. The average molecular weight is 375 g/mol. The van der Waals surface area contributed by atoms with Crippen molar-refractivity contribution in [2.24, 2.45) is 28.8 Å². The van der Waals surface area contributed by atoms with Gasteiger partial charge in [0.05, 0.1) is 18.1 Å². The van der Waals surface area contributed by atoms with Crippen molar-refractivity contribution >= 4 is 34.0 Å². The van der Waals surface area contributed by atoms with E-state index in [9.17, 15) is 14.7 Å². The maximum absolute atomic E-state index is 12.6. The van der Waals surface area contributed by atoms with Crippen LogP contribution in [-0.4, -0.2) is 28.1 Å². The van der Waals surface area contributed by atoms with E-state index < -0.39 is 0 Å². The van der Waals surface area contributed by atoms with Crippen molar-refractivity contribution in [1.29, 1.82) is 0 Å². The van der Waals surface area contributed by atoms with E-state index in [2.05, 4.69) is 33.2 Å². The Morgan fingerprint density at radius 1 is 1.13 bits per heavy atom. The highest BCUT2D eigenvalue weighted by Crippen LogP contribution is 2.49. The second-order valence-electron chi connectivity index (χ2n) is 6.28. The molecule has 5 rings (SSSR count). The zero-order valence-electron chi connectivity index (χ0n) is 12.2. The van der Waals surface area contributed by atoms with Crippen molar-refractivity contribution in [3.8, 4) is 5.75 Å². The molecule has 0 unspecified atom stereocenters. The van der Waals surface area contributed by atoms with Crippen LogP contribution in [0, 0.1) is 23.7 Å². The Morgan fingerprint density at radius 3 is 2.30 bits per heavy atom. The van der Waals surface area contributed by atoms with Crippen LogP contribution in [0.4, 0.5) is 0 Å². The molecule has 0 radical (unpaired) electrons. The fourth-order valence-corrected chi connectivity index (χ4v) is 4.30. The molecule has 4 atom stereocenters. The summed E-state index contributed by atoms with van der Waals surface area (Å²) in [5.41, 5.74) is 0.455. The number of hydrogen-bond acceptors (Lipinski definition) is 4. The molecular formula is C17H15BrN2O3. The van der Waals surface area contributed by atoms with Gasteiger partial charge < -0.3 is 5.11 Å². The number of nitrogens with zero attached hydrogens (tertiary/aromatic N) is 2. The van der Waals surface area contributed by atoms with Crippen molar-refractivity contribution in [3.63, 3.8) is 0 Å². The van der Waals surface area contributed by atoms with Gasteiger partial charge in [-0.3, -0.25) is 9.59 Å². The number of amides is 2. The fourth-order valence-electron chi connectivity index (χ4n) is 3.92. The molecule has 3 aliphatic carbocycles. The normalized spacial score (nSPS) is 32.1. The van der Waals surface area contributed by atoms with Gasteiger partial charge in [0.1, 0.15) is 5.75 Å². The van der Waals surface area contributed by atoms with Crippen LogP contribution < -0.4 is 0 Å². The average Bonchev–Trinajstić information content (AvgIpc) is 2.83. The lowest BCUT2D eigenvalue weighted by Gasteiger charge is -2.37. The van der Waals surface area contributed by atoms with E-state index >= 15 is 0 Å². The summed E-state index contributed by atoms with van der Waals surface area (Å²) >= 11 is 3.32. The topological polar surface area (TPSA) is 70.0 Å². The molecule has 23 heavy (non-hydrogen) atoms. The Kier molecular flexibility index (Phi) is 3.37. The van der Waals surface area contributed by atoms with Gasteiger partial charge in [0.25, 0.3) is 11.8 Å². The lowest BCUT2D eigenvalue weighted by Crippen LogP contribution is -2.38. The van der Waals surface area contributed by atoms with E-state index in [-0.39, 0.29) is 41.2 Å². The van der Waals surface area contributed by atoms with Crippen LogP contribution in [-0.2, 0) is 9.59 Å². The largest absolute Gasteiger partial charge is 0.507 e. The van der Waals surface area contributed by atoms with E-state index in [1.54, 1.807) is 12.1 Å². The number of imide groups is 1. The predicted octanol–water partition coefficient (Wildman–Crippen LogP) is 2.69. The monoisotopic (exact) mass is 374 g/mol. The molecule has 2 bridgehead atoms. The number of carbonyl (C=O) groups excluding carboxylic acids is 2. The van der Waals surface area contributed by atoms with Gasteiger partial charge in [-0.1, -0.05) is 28.1 Å². The highest BCUT2D eigenvalue weighted by Gasteiger charge is 2.56. The van der Waals surface area contributed by atoms with Crippen molar-refractivity contribution in [2.75, 3.05) is 0 Å². The van der Waals surface area contributed by atoms with E-state index in [1.165, 1.54) is 12.3 Å². The van der Waals surface area contributed by atoms with Crippen molar-refractivity contribution in [2.45, 2.75) is 12.8 Å². The van der Waals surface area contributed by atoms with E-state index in [0.717, 1.165) is 22.3 Å². The van der Waals surface area contributed by atoms with Gasteiger partial charge in [-0.15, -0.1) is 0 Å². The summed E-state index contributed by atoms with van der Waals surface area (Å²) in [6.07, 6.45) is 7.45.